The van der Waals surface area contributed by atoms with Crippen molar-refractivity contribution in [3.05, 3.63) is 77.3 Å². The number of thiazole rings is 1. The average molecular weight is 750 g/mol. The Morgan fingerprint density at radius 1 is 1.04 bits per heavy atom. The van der Waals surface area contributed by atoms with Gasteiger partial charge in [0.2, 0.25) is 0 Å². The molecule has 13 heteroatoms. The first-order chi connectivity index (χ1) is 25.8. The van der Waals surface area contributed by atoms with Crippen LogP contribution < -0.4 is 10.2 Å². The molecule has 4 aromatic rings. The molecule has 3 N–H and O–H groups in total. The molecule has 1 aliphatic heterocycles. The Kier molecular flexibility index (Phi) is 8.80. The first-order valence-electron chi connectivity index (χ1n) is 18.6. The van der Waals surface area contributed by atoms with Crippen molar-refractivity contribution < 1.29 is 24.6 Å². The van der Waals surface area contributed by atoms with Gasteiger partial charge < -0.3 is 20.0 Å². The molecule has 12 nitrogen and oxygen atoms in total. The van der Waals surface area contributed by atoms with Crippen LogP contribution in [-0.4, -0.2) is 73.5 Å². The second-order valence-electron chi connectivity index (χ2n) is 16.8. The molecule has 4 bridgehead atoms. The van der Waals surface area contributed by atoms with E-state index in [2.05, 4.69) is 39.0 Å². The van der Waals surface area contributed by atoms with Crippen molar-refractivity contribution in [2.45, 2.75) is 84.8 Å². The van der Waals surface area contributed by atoms with E-state index in [-0.39, 0.29) is 40.0 Å². The smallest absolute Gasteiger partial charge is 0.355 e. The van der Waals surface area contributed by atoms with Crippen LogP contribution in [0.15, 0.2) is 71.0 Å². The number of nitrogens with zero attached hydrogens (tertiary/aromatic N) is 6. The summed E-state index contributed by atoms with van der Waals surface area (Å²) < 4.78 is 9.31. The monoisotopic (exact) mass is 749 g/mol. The molecule has 5 fully saturated rings. The zero-order chi connectivity index (χ0) is 38.0. The first-order valence-corrected chi connectivity index (χ1v) is 19.4. The third kappa shape index (κ3) is 6.30. The van der Waals surface area contributed by atoms with Gasteiger partial charge in [-0.2, -0.15) is 5.10 Å². The van der Waals surface area contributed by atoms with Gasteiger partial charge in [0.1, 0.15) is 5.82 Å². The molecule has 4 saturated carbocycles. The number of benzene rings is 1. The van der Waals surface area contributed by atoms with Crippen LogP contribution in [0.4, 0.5) is 10.9 Å². The predicted octanol–water partition coefficient (Wildman–Crippen LogP) is 7.88. The molecule has 282 valence electrons. The van der Waals surface area contributed by atoms with Gasteiger partial charge in [-0.3, -0.25) is 14.8 Å². The van der Waals surface area contributed by atoms with Crippen molar-refractivity contribution in [2.24, 2.45) is 21.4 Å². The van der Waals surface area contributed by atoms with E-state index in [9.17, 15) is 19.9 Å². The number of para-hydroxylation sites is 1. The third-order valence-corrected chi connectivity index (χ3v) is 13.2. The van der Waals surface area contributed by atoms with Crippen molar-refractivity contribution in [3.63, 3.8) is 0 Å². The number of fused-ring (bicyclic) bond motifs is 1. The highest BCUT2D eigenvalue weighted by molar-refractivity contribution is 7.22. The molecule has 2 unspecified atom stereocenters. The number of carboxylic acids is 1. The summed E-state index contributed by atoms with van der Waals surface area (Å²) in [6.45, 7) is 10.0. The van der Waals surface area contributed by atoms with Gasteiger partial charge in [0.25, 0.3) is 5.91 Å². The summed E-state index contributed by atoms with van der Waals surface area (Å²) in [6, 6.07) is 11.3. The number of oxime groups is 1. The molecule has 1 amide bonds. The van der Waals surface area contributed by atoms with Gasteiger partial charge in [-0.05, 0) is 92.9 Å². The Bertz CT molecular complexity index is 2220. The summed E-state index contributed by atoms with van der Waals surface area (Å²) in [6.07, 6.45) is 12.3. The zero-order valence-electron chi connectivity index (χ0n) is 31.5. The maximum atomic E-state index is 13.7. The Labute approximate surface area is 318 Å². The fraction of sp³-hybridized carbons (Fsp3) is 0.463. The van der Waals surface area contributed by atoms with E-state index in [1.54, 1.807) is 24.4 Å². The number of hydrogen-bond donors (Lipinski definition) is 3. The van der Waals surface area contributed by atoms with Crippen molar-refractivity contribution in [2.75, 3.05) is 30.4 Å². The number of methoxy groups -OCH3 is 1. The Morgan fingerprint density at radius 2 is 1.80 bits per heavy atom. The lowest BCUT2D eigenvalue weighted by molar-refractivity contribution is -0.239. The molecule has 4 aliphatic carbocycles. The summed E-state index contributed by atoms with van der Waals surface area (Å²) in [7, 11) is 1.87. The number of anilines is 2. The highest BCUT2D eigenvalue weighted by Gasteiger charge is 2.66. The molecule has 3 aromatic heterocycles. The Hall–Kier alpha value is -4.88. The number of piperidine rings is 1. The standard InChI is InChI=1S/C41H47N7O5S/c1-6-9-27(35(49)45-37-43-31-10-7-8-11-32(31)54-37)29-17-47(15-14-30(29)46-52)33-13-12-26(34(44-33)36(50)51)28-16-42-48(25(28)2)24-40-19-38(3)18-39(4,20-40)22-41(21-38,23-40)53-5/h6-13,16,52H,14-15,17-24H2,1-5H3,(H,50,51)(H,43,45,49)/b9-6-,29-27+,46-30+. The summed E-state index contributed by atoms with van der Waals surface area (Å²) >= 11 is 1.38. The van der Waals surface area contributed by atoms with Crippen molar-refractivity contribution in [3.8, 4) is 11.1 Å². The summed E-state index contributed by atoms with van der Waals surface area (Å²) in [5, 5.41) is 32.2. The van der Waals surface area contributed by atoms with Crippen LogP contribution in [0, 0.1) is 23.2 Å². The molecule has 5 aliphatic rings. The second-order valence-corrected chi connectivity index (χ2v) is 17.8. The van der Waals surface area contributed by atoms with E-state index in [1.807, 2.05) is 56.2 Å². The summed E-state index contributed by atoms with van der Waals surface area (Å²) in [5.74, 6) is -1.08. The van der Waals surface area contributed by atoms with E-state index in [0.29, 0.717) is 46.3 Å². The SMILES string of the molecule is C\C=C/C(C(=O)Nc1nc2ccccc2s1)=C1/CN(c2ccc(-c3cnn(CC45CC6(C)CC(C)(C4)CC(OC)(C6)C5)c3C)c(C(=O)O)n2)CC/C1=N\O. The number of nitrogens with one attached hydrogen (secondary N) is 1. The Balaban J connectivity index is 1.07. The number of amides is 1. The Morgan fingerprint density at radius 3 is 2.48 bits per heavy atom. The van der Waals surface area contributed by atoms with Gasteiger partial charge in [-0.15, -0.1) is 0 Å². The topological polar surface area (TPSA) is 155 Å². The number of pyridine rings is 1. The van der Waals surface area contributed by atoms with Crippen LogP contribution in [0.25, 0.3) is 21.3 Å². The maximum absolute atomic E-state index is 13.7. The molecular formula is C41H47N7O5S. The van der Waals surface area contributed by atoms with Crippen molar-refractivity contribution >= 4 is 50.1 Å². The number of hydrogen-bond acceptors (Lipinski definition) is 10. The fourth-order valence-electron chi connectivity index (χ4n) is 11.3. The number of aromatic carboxylic acids is 1. The minimum atomic E-state index is -1.14. The van der Waals surface area contributed by atoms with Gasteiger partial charge in [0.05, 0.1) is 27.7 Å². The first kappa shape index (κ1) is 36.1. The number of carbonyl (C=O) groups excluding carboxylic acids is 1. The van der Waals surface area contributed by atoms with Crippen LogP contribution in [0.5, 0.6) is 0 Å². The third-order valence-electron chi connectivity index (χ3n) is 12.2. The molecule has 0 radical (unpaired) electrons. The van der Waals surface area contributed by atoms with Gasteiger partial charge >= 0.3 is 5.97 Å². The second kappa shape index (κ2) is 13.2. The lowest BCUT2D eigenvalue weighted by Gasteiger charge is -2.69. The maximum Gasteiger partial charge on any atom is 0.355 e. The van der Waals surface area contributed by atoms with Crippen LogP contribution in [0.3, 0.4) is 0 Å². The van der Waals surface area contributed by atoms with Crippen LogP contribution >= 0.6 is 11.3 Å². The van der Waals surface area contributed by atoms with Crippen molar-refractivity contribution in [1.29, 1.82) is 0 Å². The quantitative estimate of drug-likeness (QED) is 0.0881. The highest BCUT2D eigenvalue weighted by atomic mass is 32.1. The number of aromatic nitrogens is 4. The minimum Gasteiger partial charge on any atom is -0.476 e. The lowest BCUT2D eigenvalue weighted by Crippen LogP contribution is -2.64. The molecule has 1 saturated heterocycles. The number of carbonyl (C=O) groups is 2. The predicted molar refractivity (Wildman–Crippen MR) is 209 cm³/mol. The minimum absolute atomic E-state index is 0.0629. The lowest BCUT2D eigenvalue weighted by atomic mass is 9.39. The fourth-order valence-corrected chi connectivity index (χ4v) is 12.1. The molecule has 1 aromatic carbocycles. The van der Waals surface area contributed by atoms with E-state index < -0.39 is 5.97 Å². The summed E-state index contributed by atoms with van der Waals surface area (Å²) in [5.41, 5.74) is 4.54. The van der Waals surface area contributed by atoms with E-state index in [4.69, 9.17) is 9.84 Å². The normalized spacial score (nSPS) is 29.4. The van der Waals surface area contributed by atoms with Gasteiger partial charge in [-0.1, -0.05) is 54.6 Å². The molecule has 54 heavy (non-hydrogen) atoms. The average Bonchev–Trinajstić information content (AvgIpc) is 3.70. The molecule has 0 spiro atoms. The number of allylic oxidation sites excluding steroid dienone is 1. The van der Waals surface area contributed by atoms with Crippen LogP contribution in [-0.2, 0) is 16.1 Å². The number of carboxylic acid groups (broad SMARTS) is 1. The van der Waals surface area contributed by atoms with E-state index in [1.165, 1.54) is 17.8 Å². The van der Waals surface area contributed by atoms with Gasteiger partial charge in [0, 0.05) is 61.1 Å². The van der Waals surface area contributed by atoms with Gasteiger partial charge in [0.15, 0.2) is 10.8 Å². The summed E-state index contributed by atoms with van der Waals surface area (Å²) in [4.78, 5) is 37.7. The number of ether oxygens (including phenoxy) is 1. The largest absolute Gasteiger partial charge is 0.476 e. The molecular weight excluding hydrogens is 703 g/mol. The van der Waals surface area contributed by atoms with Crippen LogP contribution in [0.1, 0.15) is 81.9 Å². The van der Waals surface area contributed by atoms with E-state index >= 15 is 0 Å². The van der Waals surface area contributed by atoms with Gasteiger partial charge in [-0.25, -0.2) is 14.8 Å². The van der Waals surface area contributed by atoms with Crippen molar-refractivity contribution in [1.82, 2.24) is 19.7 Å². The van der Waals surface area contributed by atoms with E-state index in [0.717, 1.165) is 60.1 Å². The zero-order valence-corrected chi connectivity index (χ0v) is 32.3. The van der Waals surface area contributed by atoms with Crippen LogP contribution in [0.2, 0.25) is 0 Å². The number of rotatable bonds is 9. The molecule has 9 rings (SSSR count). The highest BCUT2D eigenvalue weighted by Crippen LogP contribution is 2.72. The molecule has 4 heterocycles. The molecule has 2 atom stereocenters.